The molecule has 0 bridgehead atoms. The molecule has 0 saturated carbocycles. The minimum atomic E-state index is -5.09. The molecule has 3 unspecified atom stereocenters. The van der Waals surface area contributed by atoms with Crippen LogP contribution in [0.1, 0.15) is 13.8 Å². The largest absolute Gasteiger partial charge is 0.416 e. The van der Waals surface area contributed by atoms with Crippen molar-refractivity contribution in [3.8, 4) is 0 Å². The highest BCUT2D eigenvalue weighted by molar-refractivity contribution is 7.87. The van der Waals surface area contributed by atoms with E-state index in [1.54, 1.807) is 6.07 Å². The van der Waals surface area contributed by atoms with Crippen molar-refractivity contribution in [2.75, 3.05) is 0 Å². The molecule has 0 heterocycles. The van der Waals surface area contributed by atoms with Crippen LogP contribution in [0.25, 0.3) is 0 Å². The molecule has 0 radical (unpaired) electrons. The number of rotatable bonds is 8. The topological polar surface area (TPSA) is 86.7 Å². The second-order valence-corrected chi connectivity index (χ2v) is 9.40. The lowest BCUT2D eigenvalue weighted by Gasteiger charge is -2.29. The van der Waals surface area contributed by atoms with Crippen LogP contribution >= 0.6 is 0 Å². The molecule has 6 nitrogen and oxygen atoms in total. The third-order valence-electron chi connectivity index (χ3n) is 4.11. The molecule has 0 saturated heterocycles. The molecule has 2 aromatic carbocycles. The number of alkyl halides is 3. The smallest absolute Gasteiger partial charge is 0.263 e. The first-order valence-electron chi connectivity index (χ1n) is 8.38. The highest BCUT2D eigenvalue weighted by Crippen LogP contribution is 2.34. The van der Waals surface area contributed by atoms with Gasteiger partial charge in [-0.2, -0.15) is 30.0 Å². The van der Waals surface area contributed by atoms with E-state index in [1.165, 1.54) is 42.5 Å². The van der Waals surface area contributed by atoms with Crippen molar-refractivity contribution in [1.82, 2.24) is 0 Å². The highest BCUT2D eigenvalue weighted by atomic mass is 32.2. The van der Waals surface area contributed by atoms with E-state index < -0.39 is 49.4 Å². The lowest BCUT2D eigenvalue weighted by molar-refractivity contribution is -0.213. The van der Waals surface area contributed by atoms with E-state index in [2.05, 4.69) is 4.18 Å². The highest BCUT2D eigenvalue weighted by Gasteiger charge is 2.49. The molecule has 160 valence electrons. The second-order valence-electron chi connectivity index (χ2n) is 6.25. The van der Waals surface area contributed by atoms with Crippen molar-refractivity contribution in [2.45, 2.75) is 42.0 Å². The molecular formula is C18H19F3O6S2. The number of hydrogen-bond acceptors (Lipinski definition) is 6. The monoisotopic (exact) mass is 452 g/mol. The zero-order chi connectivity index (χ0) is 21.9. The lowest BCUT2D eigenvalue weighted by atomic mass is 9.99. The van der Waals surface area contributed by atoms with Crippen molar-refractivity contribution >= 4 is 20.2 Å². The Morgan fingerprint density at radius 1 is 0.724 bits per heavy atom. The molecule has 3 atom stereocenters. The van der Waals surface area contributed by atoms with Crippen molar-refractivity contribution < 1.29 is 38.4 Å². The number of benzene rings is 2. The van der Waals surface area contributed by atoms with Crippen LogP contribution < -0.4 is 0 Å². The SMILES string of the molecule is CC(OS(=O)(=O)c1ccccc1)C(C)C(OS(=O)(=O)c1ccccc1)C(F)(F)F. The van der Waals surface area contributed by atoms with Crippen LogP contribution in [-0.2, 0) is 28.6 Å². The molecule has 0 aliphatic carbocycles. The summed E-state index contributed by atoms with van der Waals surface area (Å²) in [6.07, 6.45) is -9.43. The normalized spacial score (nSPS) is 16.2. The molecule has 0 aliphatic heterocycles. The van der Waals surface area contributed by atoms with E-state index in [-0.39, 0.29) is 4.90 Å². The zero-order valence-electron chi connectivity index (χ0n) is 15.4. The van der Waals surface area contributed by atoms with E-state index in [4.69, 9.17) is 4.18 Å². The first kappa shape index (κ1) is 23.3. The standard InChI is InChI=1S/C18H19F3O6S2/c1-13(14(2)26-28(22,23)15-9-5-3-6-10-15)17(18(19,20)21)27-29(24,25)16-11-7-4-8-12-16/h3-14,17H,1-2H3. The molecule has 0 aliphatic rings. The van der Waals surface area contributed by atoms with Crippen LogP contribution in [0.2, 0.25) is 0 Å². The summed E-state index contributed by atoms with van der Waals surface area (Å²) in [6.45, 7) is 2.10. The maximum Gasteiger partial charge on any atom is 0.416 e. The van der Waals surface area contributed by atoms with Gasteiger partial charge in [-0.3, -0.25) is 8.37 Å². The Bertz CT molecular complexity index is 1010. The maximum atomic E-state index is 13.5. The molecule has 0 spiro atoms. The van der Waals surface area contributed by atoms with E-state index in [9.17, 15) is 30.0 Å². The maximum absolute atomic E-state index is 13.5. The Morgan fingerprint density at radius 3 is 1.48 bits per heavy atom. The van der Waals surface area contributed by atoms with Crippen LogP contribution in [0.15, 0.2) is 70.5 Å². The molecule has 29 heavy (non-hydrogen) atoms. The predicted octanol–water partition coefficient (Wildman–Crippen LogP) is 3.75. The van der Waals surface area contributed by atoms with E-state index in [1.807, 2.05) is 0 Å². The van der Waals surface area contributed by atoms with Crippen LogP contribution in [-0.4, -0.2) is 35.2 Å². The average molecular weight is 452 g/mol. The first-order valence-corrected chi connectivity index (χ1v) is 11.2. The van der Waals surface area contributed by atoms with Gasteiger partial charge in [-0.15, -0.1) is 0 Å². The van der Waals surface area contributed by atoms with Gasteiger partial charge in [0.15, 0.2) is 6.10 Å². The third kappa shape index (κ3) is 6.01. The van der Waals surface area contributed by atoms with Gasteiger partial charge >= 0.3 is 6.18 Å². The summed E-state index contributed by atoms with van der Waals surface area (Å²) in [4.78, 5) is -0.688. The summed E-state index contributed by atoms with van der Waals surface area (Å²) in [5.41, 5.74) is 0. The number of hydrogen-bond donors (Lipinski definition) is 0. The second kappa shape index (κ2) is 8.82. The van der Waals surface area contributed by atoms with Crippen LogP contribution in [0, 0.1) is 5.92 Å². The van der Waals surface area contributed by atoms with Crippen LogP contribution in [0.5, 0.6) is 0 Å². The van der Waals surface area contributed by atoms with Crippen molar-refractivity contribution in [1.29, 1.82) is 0 Å². The van der Waals surface area contributed by atoms with E-state index in [0.29, 0.717) is 0 Å². The first-order chi connectivity index (χ1) is 13.3. The van der Waals surface area contributed by atoms with Gasteiger partial charge in [0.05, 0.1) is 15.9 Å². The van der Waals surface area contributed by atoms with E-state index in [0.717, 1.165) is 26.0 Å². The molecule has 0 aromatic heterocycles. The van der Waals surface area contributed by atoms with Gasteiger partial charge in [0.2, 0.25) is 0 Å². The minimum Gasteiger partial charge on any atom is -0.263 e. The molecule has 0 fully saturated rings. The molecule has 2 aromatic rings. The summed E-state index contributed by atoms with van der Waals surface area (Å²) in [5, 5.41) is 0. The Morgan fingerprint density at radius 2 is 1.10 bits per heavy atom. The van der Waals surface area contributed by atoms with Crippen molar-refractivity contribution in [2.24, 2.45) is 5.92 Å². The zero-order valence-corrected chi connectivity index (χ0v) is 17.0. The fraction of sp³-hybridized carbons (Fsp3) is 0.333. The van der Waals surface area contributed by atoms with Gasteiger partial charge in [0.1, 0.15) is 0 Å². The molecule has 0 amide bonds. The Balaban J connectivity index is 2.26. The van der Waals surface area contributed by atoms with Crippen molar-refractivity contribution in [3.05, 3.63) is 60.7 Å². The van der Waals surface area contributed by atoms with Gasteiger partial charge in [-0.1, -0.05) is 43.3 Å². The van der Waals surface area contributed by atoms with Crippen molar-refractivity contribution in [3.63, 3.8) is 0 Å². The molecular weight excluding hydrogens is 433 g/mol. The molecule has 11 heteroatoms. The summed E-state index contributed by atoms with van der Waals surface area (Å²) < 4.78 is 99.0. The van der Waals surface area contributed by atoms with Gasteiger partial charge < -0.3 is 0 Å². The molecule has 0 N–H and O–H groups in total. The Kier molecular flexibility index (Phi) is 7.10. The quantitative estimate of drug-likeness (QED) is 0.567. The lowest BCUT2D eigenvalue weighted by Crippen LogP contribution is -2.44. The molecule has 2 rings (SSSR count). The van der Waals surface area contributed by atoms with E-state index >= 15 is 0 Å². The fourth-order valence-electron chi connectivity index (χ4n) is 2.40. The minimum absolute atomic E-state index is 0.236. The van der Waals surface area contributed by atoms with Crippen LogP contribution in [0.4, 0.5) is 13.2 Å². The summed E-state index contributed by atoms with van der Waals surface area (Å²) in [7, 11) is -9.09. The Hall–Kier alpha value is -1.95. The summed E-state index contributed by atoms with van der Waals surface area (Å²) >= 11 is 0. The summed E-state index contributed by atoms with van der Waals surface area (Å²) in [6, 6.07) is 13.2. The van der Waals surface area contributed by atoms with Crippen LogP contribution in [0.3, 0.4) is 0 Å². The summed E-state index contributed by atoms with van der Waals surface area (Å²) in [5.74, 6) is -1.66. The van der Waals surface area contributed by atoms with Gasteiger partial charge in [-0.05, 0) is 31.2 Å². The fourth-order valence-corrected chi connectivity index (χ4v) is 4.73. The Labute approximate surface area is 167 Å². The van der Waals surface area contributed by atoms with Gasteiger partial charge in [0, 0.05) is 5.92 Å². The number of halogens is 3. The third-order valence-corrected chi connectivity index (χ3v) is 6.83. The predicted molar refractivity (Wildman–Crippen MR) is 97.9 cm³/mol. The van der Waals surface area contributed by atoms with Gasteiger partial charge in [0.25, 0.3) is 20.2 Å². The average Bonchev–Trinajstić information content (AvgIpc) is 2.66. The van der Waals surface area contributed by atoms with Gasteiger partial charge in [-0.25, -0.2) is 0 Å².